The second-order valence-corrected chi connectivity index (χ2v) is 11.0. The number of nitrogens with one attached hydrogen (secondary N) is 1. The summed E-state index contributed by atoms with van der Waals surface area (Å²) in [5.41, 5.74) is 2.42. The number of carbonyl (C=O) groups is 2. The number of aromatic amines is 1. The quantitative estimate of drug-likeness (QED) is 0.700. The maximum absolute atomic E-state index is 13.9. The van der Waals surface area contributed by atoms with Gasteiger partial charge in [0.1, 0.15) is 0 Å². The van der Waals surface area contributed by atoms with Crippen LogP contribution < -0.4 is 4.90 Å². The molecule has 4 fully saturated rings. The summed E-state index contributed by atoms with van der Waals surface area (Å²) in [7, 11) is 0. The maximum Gasteiger partial charge on any atom is 0.229 e. The van der Waals surface area contributed by atoms with Crippen LogP contribution in [0.25, 0.3) is 10.9 Å². The number of hydrogen-bond donors (Lipinski definition) is 1. The molecular weight excluding hydrogens is 426 g/mol. The first-order valence-electron chi connectivity index (χ1n) is 13.2. The Morgan fingerprint density at radius 3 is 2.94 bits per heavy atom. The van der Waals surface area contributed by atoms with Crippen LogP contribution in [-0.2, 0) is 9.59 Å². The van der Waals surface area contributed by atoms with E-state index in [-0.39, 0.29) is 30.2 Å². The van der Waals surface area contributed by atoms with Crippen LogP contribution in [0.5, 0.6) is 0 Å². The van der Waals surface area contributed by atoms with Crippen molar-refractivity contribution in [3.05, 3.63) is 35.9 Å². The summed E-state index contributed by atoms with van der Waals surface area (Å²) in [6, 6.07) is 8.80. The van der Waals surface area contributed by atoms with Gasteiger partial charge in [-0.1, -0.05) is 30.2 Å². The molecule has 1 aromatic carbocycles. The summed E-state index contributed by atoms with van der Waals surface area (Å²) in [5, 5.41) is 8.38. The predicted molar refractivity (Wildman–Crippen MR) is 130 cm³/mol. The number of H-pyrrole nitrogens is 1. The lowest BCUT2D eigenvalue weighted by atomic mass is 9.68. The van der Waals surface area contributed by atoms with Crippen LogP contribution in [0.3, 0.4) is 0 Å². The fourth-order valence-electron chi connectivity index (χ4n) is 7.69. The van der Waals surface area contributed by atoms with E-state index in [1.165, 1.54) is 37.8 Å². The van der Waals surface area contributed by atoms with Gasteiger partial charge in [0.15, 0.2) is 5.82 Å². The van der Waals surface area contributed by atoms with Gasteiger partial charge in [-0.2, -0.15) is 5.10 Å². The van der Waals surface area contributed by atoms with Crippen LogP contribution in [-0.4, -0.2) is 70.1 Å². The topological polar surface area (TPSA) is 72.5 Å². The van der Waals surface area contributed by atoms with Gasteiger partial charge in [-0.25, -0.2) is 0 Å². The van der Waals surface area contributed by atoms with Gasteiger partial charge >= 0.3 is 0 Å². The van der Waals surface area contributed by atoms with Gasteiger partial charge in [0.2, 0.25) is 11.8 Å². The lowest BCUT2D eigenvalue weighted by Crippen LogP contribution is -2.60. The minimum absolute atomic E-state index is 0.000844. The Labute approximate surface area is 200 Å². The van der Waals surface area contributed by atoms with Crippen LogP contribution in [0.2, 0.25) is 0 Å². The molecule has 5 heterocycles. The number of carbonyl (C=O) groups excluding carboxylic acids is 2. The van der Waals surface area contributed by atoms with Crippen LogP contribution in [0, 0.1) is 17.8 Å². The van der Waals surface area contributed by atoms with Crippen molar-refractivity contribution in [2.24, 2.45) is 17.8 Å². The van der Waals surface area contributed by atoms with Crippen molar-refractivity contribution in [2.75, 3.05) is 31.1 Å². The van der Waals surface area contributed by atoms with Gasteiger partial charge in [0.05, 0.1) is 17.5 Å². The van der Waals surface area contributed by atoms with E-state index >= 15 is 0 Å². The summed E-state index contributed by atoms with van der Waals surface area (Å²) in [5.74, 6) is 1.74. The zero-order chi connectivity index (χ0) is 22.8. The molecule has 4 saturated heterocycles. The summed E-state index contributed by atoms with van der Waals surface area (Å²) < 4.78 is 0. The number of nitrogens with zero attached hydrogens (tertiary/aromatic N) is 4. The molecule has 0 unspecified atom stereocenters. The predicted octanol–water partition coefficient (Wildman–Crippen LogP) is 3.34. The van der Waals surface area contributed by atoms with Crippen molar-refractivity contribution >= 4 is 28.5 Å². The molecule has 4 aliphatic heterocycles. The van der Waals surface area contributed by atoms with Gasteiger partial charge < -0.3 is 4.90 Å². The van der Waals surface area contributed by atoms with E-state index < -0.39 is 0 Å². The van der Waals surface area contributed by atoms with E-state index in [1.807, 2.05) is 24.3 Å². The van der Waals surface area contributed by atoms with E-state index in [9.17, 15) is 9.59 Å². The van der Waals surface area contributed by atoms with E-state index in [1.54, 1.807) is 4.90 Å². The molecule has 178 valence electrons. The van der Waals surface area contributed by atoms with Crippen molar-refractivity contribution in [1.82, 2.24) is 20.0 Å². The Balaban J connectivity index is 1.14. The molecule has 7 rings (SSSR count). The third-order valence-corrected chi connectivity index (χ3v) is 9.12. The van der Waals surface area contributed by atoms with Crippen LogP contribution in [0.4, 0.5) is 5.82 Å². The lowest BCUT2D eigenvalue weighted by molar-refractivity contribution is -0.140. The highest BCUT2D eigenvalue weighted by Crippen LogP contribution is 2.45. The zero-order valence-electron chi connectivity index (χ0n) is 19.7. The number of likely N-dealkylation sites (tertiary alicyclic amines) is 1. The molecule has 2 bridgehead atoms. The molecule has 0 radical (unpaired) electrons. The van der Waals surface area contributed by atoms with Crippen molar-refractivity contribution in [2.45, 2.75) is 57.0 Å². The molecule has 1 aliphatic carbocycles. The van der Waals surface area contributed by atoms with Gasteiger partial charge in [-0.3, -0.25) is 24.5 Å². The van der Waals surface area contributed by atoms with Gasteiger partial charge in [0.25, 0.3) is 0 Å². The Morgan fingerprint density at radius 1 is 1.09 bits per heavy atom. The maximum atomic E-state index is 13.9. The molecule has 0 spiro atoms. The first-order valence-corrected chi connectivity index (χ1v) is 13.2. The minimum atomic E-state index is -0.286. The molecule has 5 atom stereocenters. The first kappa shape index (κ1) is 20.7. The summed E-state index contributed by atoms with van der Waals surface area (Å²) in [4.78, 5) is 33.5. The highest BCUT2D eigenvalue weighted by Gasteiger charge is 2.48. The fourth-order valence-corrected chi connectivity index (χ4v) is 7.69. The largest absolute Gasteiger partial charge is 0.335 e. The normalized spacial score (nSPS) is 33.6. The van der Waals surface area contributed by atoms with Crippen molar-refractivity contribution < 1.29 is 9.59 Å². The molecule has 2 amide bonds. The molecule has 34 heavy (non-hydrogen) atoms. The number of anilines is 1. The van der Waals surface area contributed by atoms with E-state index in [4.69, 9.17) is 0 Å². The smallest absolute Gasteiger partial charge is 0.229 e. The van der Waals surface area contributed by atoms with E-state index in [0.29, 0.717) is 30.2 Å². The highest BCUT2D eigenvalue weighted by atomic mass is 16.2. The van der Waals surface area contributed by atoms with Crippen molar-refractivity contribution in [3.63, 3.8) is 0 Å². The van der Waals surface area contributed by atoms with Crippen LogP contribution >= 0.6 is 0 Å². The number of benzene rings is 1. The molecule has 7 heteroatoms. The second-order valence-electron chi connectivity index (χ2n) is 11.0. The summed E-state index contributed by atoms with van der Waals surface area (Å²) in [6.07, 6.45) is 10.2. The molecule has 1 N–H and O–H groups in total. The third-order valence-electron chi connectivity index (χ3n) is 9.12. The van der Waals surface area contributed by atoms with Crippen molar-refractivity contribution in [1.29, 1.82) is 0 Å². The van der Waals surface area contributed by atoms with Gasteiger partial charge in [0, 0.05) is 37.5 Å². The van der Waals surface area contributed by atoms with E-state index in [0.717, 1.165) is 36.8 Å². The number of hydrogen-bond acceptors (Lipinski definition) is 4. The van der Waals surface area contributed by atoms with Crippen LogP contribution in [0.1, 0.15) is 44.9 Å². The number of rotatable bonds is 2. The molecule has 5 aliphatic rings. The van der Waals surface area contributed by atoms with Crippen LogP contribution in [0.15, 0.2) is 35.9 Å². The monoisotopic (exact) mass is 459 g/mol. The number of fused-ring (bicyclic) bond motifs is 7. The Kier molecular flexibility index (Phi) is 4.83. The Morgan fingerprint density at radius 2 is 2.00 bits per heavy atom. The Hall–Kier alpha value is -2.67. The molecule has 2 aromatic rings. The third kappa shape index (κ3) is 3.16. The molecule has 1 aromatic heterocycles. The number of piperidine rings is 3. The summed E-state index contributed by atoms with van der Waals surface area (Å²) >= 11 is 0. The number of amides is 2. The standard InChI is InChI=1S/C27H33N5O2/c33-24-14-20(16-32(24)26-21-7-1-2-8-22(21)28-29-26)27(34)31-11-5-6-17-12-18-13-19(25(17)31)15-30-10-4-3-9-23(18)30/h1-2,7-8,12,18-20,23,25H,3-6,9-11,13-16H2,(H,28,29)/t18-,19-,20-,23+,25-/m0/s1. The van der Waals surface area contributed by atoms with E-state index in [2.05, 4.69) is 26.1 Å². The second kappa shape index (κ2) is 7.94. The average Bonchev–Trinajstić information content (AvgIpc) is 3.46. The summed E-state index contributed by atoms with van der Waals surface area (Å²) in [6.45, 7) is 3.59. The molecular formula is C27H33N5O2. The SMILES string of the molecule is O=C1C[C@H](C(=O)N2CCCC3=C[C@H]4C[C@@H](CN5CCCC[C@H]45)[C@H]32)CN1c1n[nH]c2ccccc12. The number of para-hydroxylation sites is 1. The number of aromatic nitrogens is 2. The van der Waals surface area contributed by atoms with Gasteiger partial charge in [-0.15, -0.1) is 0 Å². The average molecular weight is 460 g/mol. The lowest BCUT2D eigenvalue weighted by Gasteiger charge is -2.55. The van der Waals surface area contributed by atoms with Gasteiger partial charge in [-0.05, 0) is 62.6 Å². The first-order chi connectivity index (χ1) is 16.7. The highest BCUT2D eigenvalue weighted by molar-refractivity contribution is 6.05. The Bertz CT molecular complexity index is 1170. The minimum Gasteiger partial charge on any atom is -0.335 e. The molecule has 7 nitrogen and oxygen atoms in total. The molecule has 0 saturated carbocycles. The van der Waals surface area contributed by atoms with Crippen molar-refractivity contribution in [3.8, 4) is 0 Å². The fraction of sp³-hybridized carbons (Fsp3) is 0.593. The zero-order valence-corrected chi connectivity index (χ0v) is 19.7.